The predicted molar refractivity (Wildman–Crippen MR) is 158 cm³/mol. The minimum Gasteiger partial charge on any atom is -0.591 e. The average molecular weight is 669 g/mol. The van der Waals surface area contributed by atoms with E-state index in [-0.39, 0.29) is 30.7 Å². The van der Waals surface area contributed by atoms with Crippen molar-refractivity contribution in [2.45, 2.75) is 32.7 Å². The maximum atomic E-state index is 15.2. The molecular formula is C31H26F6N2O6S. The van der Waals surface area contributed by atoms with Crippen molar-refractivity contribution >= 4 is 34.5 Å². The van der Waals surface area contributed by atoms with Crippen LogP contribution in [0, 0.1) is 17.5 Å². The lowest BCUT2D eigenvalue weighted by atomic mass is 9.92. The molecule has 0 spiro atoms. The molecule has 0 bridgehead atoms. The highest BCUT2D eigenvalue weighted by Crippen LogP contribution is 2.44. The molecule has 1 aliphatic rings. The van der Waals surface area contributed by atoms with Crippen molar-refractivity contribution in [1.29, 1.82) is 0 Å². The molecule has 0 fully saturated rings. The molecule has 15 heteroatoms. The second-order valence-electron chi connectivity index (χ2n) is 9.58. The first-order valence-electron chi connectivity index (χ1n) is 13.4. The van der Waals surface area contributed by atoms with Crippen LogP contribution in [-0.4, -0.2) is 48.0 Å². The number of halogens is 6. The summed E-state index contributed by atoms with van der Waals surface area (Å²) < 4.78 is 123. The fraction of sp³-hybridized carbons (Fsp3) is 0.258. The smallest absolute Gasteiger partial charge is 0.419 e. The van der Waals surface area contributed by atoms with Gasteiger partial charge in [-0.15, -0.1) is 0 Å². The van der Waals surface area contributed by atoms with Gasteiger partial charge in [0.1, 0.15) is 29.6 Å². The maximum Gasteiger partial charge on any atom is 0.419 e. The molecule has 46 heavy (non-hydrogen) atoms. The molecule has 244 valence electrons. The Morgan fingerprint density at radius 3 is 2.35 bits per heavy atom. The van der Waals surface area contributed by atoms with E-state index in [1.807, 2.05) is 0 Å². The van der Waals surface area contributed by atoms with E-state index < -0.39 is 86.7 Å². The van der Waals surface area contributed by atoms with Crippen LogP contribution >= 0.6 is 0 Å². The zero-order valence-corrected chi connectivity index (χ0v) is 25.5. The molecule has 0 aliphatic carbocycles. The van der Waals surface area contributed by atoms with Crippen molar-refractivity contribution in [3.8, 4) is 17.2 Å². The van der Waals surface area contributed by atoms with Crippen molar-refractivity contribution in [2.75, 3.05) is 20.0 Å². The number of ether oxygens (including phenoxy) is 4. The van der Waals surface area contributed by atoms with E-state index in [2.05, 4.69) is 9.39 Å². The number of carbonyl (C=O) groups excluding carboxylic acids is 1. The Morgan fingerprint density at radius 2 is 1.74 bits per heavy atom. The molecule has 0 N–H and O–H groups in total. The number of rotatable bonds is 10. The first kappa shape index (κ1) is 34.5. The van der Waals surface area contributed by atoms with Crippen LogP contribution in [0.4, 0.5) is 26.3 Å². The maximum absolute atomic E-state index is 15.2. The fourth-order valence-corrected chi connectivity index (χ4v) is 4.97. The number of methoxy groups -OCH3 is 1. The molecule has 0 radical (unpaired) electrons. The Hall–Kier alpha value is -4.34. The lowest BCUT2D eigenvalue weighted by molar-refractivity contribution is -0.140. The number of hydrogen-bond acceptors (Lipinski definition) is 8. The molecule has 3 aromatic carbocycles. The topological polar surface area (TPSA) is 102 Å². The lowest BCUT2D eigenvalue weighted by Gasteiger charge is -2.28. The molecule has 8 nitrogen and oxygen atoms in total. The first-order chi connectivity index (χ1) is 21.8. The third-order valence-electron chi connectivity index (χ3n) is 6.47. The van der Waals surface area contributed by atoms with Gasteiger partial charge in [0.25, 0.3) is 0 Å². The summed E-state index contributed by atoms with van der Waals surface area (Å²) in [7, 11) is 0.973. The third kappa shape index (κ3) is 7.54. The van der Waals surface area contributed by atoms with E-state index in [0.29, 0.717) is 17.7 Å². The van der Waals surface area contributed by atoms with Gasteiger partial charge in [-0.25, -0.2) is 13.6 Å². The quantitative estimate of drug-likeness (QED) is 0.131. The van der Waals surface area contributed by atoms with Crippen LogP contribution in [-0.2, 0) is 38.4 Å². The van der Waals surface area contributed by atoms with Gasteiger partial charge in [0, 0.05) is 5.56 Å². The molecule has 2 atom stereocenters. The molecule has 1 aliphatic heterocycles. The summed E-state index contributed by atoms with van der Waals surface area (Å²) in [6.07, 6.45) is -5.41. The highest BCUT2D eigenvalue weighted by molar-refractivity contribution is 7.89. The summed E-state index contributed by atoms with van der Waals surface area (Å²) >= 11 is -1.83. The minimum atomic E-state index is -5.21. The summed E-state index contributed by atoms with van der Waals surface area (Å²) in [4.78, 5) is 17.9. The highest BCUT2D eigenvalue weighted by Gasteiger charge is 2.41. The number of benzene rings is 3. The monoisotopic (exact) mass is 668 g/mol. The van der Waals surface area contributed by atoms with Crippen LogP contribution in [0.25, 0.3) is 5.70 Å². The van der Waals surface area contributed by atoms with Gasteiger partial charge in [0.2, 0.25) is 11.6 Å². The molecule has 4 rings (SSSR count). The summed E-state index contributed by atoms with van der Waals surface area (Å²) in [6.45, 7) is 2.62. The first-order valence-corrected chi connectivity index (χ1v) is 14.9. The van der Waals surface area contributed by atoms with Gasteiger partial charge in [-0.05, 0) is 43.7 Å². The molecule has 0 saturated carbocycles. The lowest BCUT2D eigenvalue weighted by Crippen LogP contribution is -2.39. The predicted octanol–water partition coefficient (Wildman–Crippen LogP) is 6.99. The summed E-state index contributed by atoms with van der Waals surface area (Å²) in [6, 6.07) is 10.9. The SMILES string of the molecule is CCOC(=O)C1=C(c2cc(F)c(C(F)(F)F)cc2Oc2ccc(F)c(F)c2OC)N=C(C)C(=N[S+](C)[O-])C1OCc1ccccc1. The molecule has 0 aromatic heterocycles. The van der Waals surface area contributed by atoms with Crippen molar-refractivity contribution < 1.29 is 54.6 Å². The second kappa shape index (κ2) is 14.4. The fourth-order valence-electron chi connectivity index (χ4n) is 4.47. The molecule has 2 unspecified atom stereocenters. The second-order valence-corrected chi connectivity index (χ2v) is 10.6. The van der Waals surface area contributed by atoms with E-state index in [1.54, 1.807) is 30.3 Å². The molecule has 0 amide bonds. The van der Waals surface area contributed by atoms with Crippen LogP contribution < -0.4 is 9.47 Å². The number of nitrogens with zero attached hydrogens (tertiary/aromatic N) is 2. The summed E-state index contributed by atoms with van der Waals surface area (Å²) in [5.74, 6) is -7.77. The number of aliphatic imine (C=N–C) groups is 1. The Labute approximate surface area is 262 Å². The normalized spacial score (nSPS) is 16.7. The van der Waals surface area contributed by atoms with E-state index in [4.69, 9.17) is 18.9 Å². The van der Waals surface area contributed by atoms with Crippen LogP contribution in [0.3, 0.4) is 0 Å². The van der Waals surface area contributed by atoms with Crippen LogP contribution in [0.5, 0.6) is 17.2 Å². The molecule has 1 heterocycles. The molecule has 3 aromatic rings. The van der Waals surface area contributed by atoms with Crippen LogP contribution in [0.15, 0.2) is 69.6 Å². The van der Waals surface area contributed by atoms with Gasteiger partial charge in [0.15, 0.2) is 11.6 Å². The van der Waals surface area contributed by atoms with E-state index in [9.17, 15) is 31.3 Å². The molecule has 0 saturated heterocycles. The van der Waals surface area contributed by atoms with Crippen molar-refractivity contribution in [3.05, 3.63) is 94.3 Å². The van der Waals surface area contributed by atoms with Crippen LogP contribution in [0.2, 0.25) is 0 Å². The van der Waals surface area contributed by atoms with E-state index >= 15 is 4.39 Å². The van der Waals surface area contributed by atoms with Gasteiger partial charge < -0.3 is 23.5 Å². The van der Waals surface area contributed by atoms with Crippen molar-refractivity contribution in [1.82, 2.24) is 0 Å². The average Bonchev–Trinajstić information content (AvgIpc) is 2.99. The highest BCUT2D eigenvalue weighted by atomic mass is 32.2. The van der Waals surface area contributed by atoms with Crippen molar-refractivity contribution in [2.24, 2.45) is 9.39 Å². The summed E-state index contributed by atoms with van der Waals surface area (Å²) in [5, 5.41) is 0. The largest absolute Gasteiger partial charge is 0.591 e. The number of alkyl halides is 3. The standard InChI is InChI=1S/C31H26F6N2O6S/c1-5-43-30(40)24-27(38-16(2)26(39-46(4)41)29(24)44-15-17-9-7-6-8-10-17)18-13-21(33)19(31(35,36)37)14-23(18)45-22-12-11-20(32)25(34)28(22)42-3/h6-14,29H,5,15H2,1-4H3. The number of esters is 1. The van der Waals surface area contributed by atoms with Gasteiger partial charge >= 0.3 is 12.1 Å². The Balaban J connectivity index is 2.02. The zero-order valence-electron chi connectivity index (χ0n) is 24.7. The minimum absolute atomic E-state index is 0.0213. The van der Waals surface area contributed by atoms with Crippen molar-refractivity contribution in [3.63, 3.8) is 0 Å². The Bertz CT molecular complexity index is 1710. The van der Waals surface area contributed by atoms with E-state index in [0.717, 1.165) is 13.2 Å². The van der Waals surface area contributed by atoms with Gasteiger partial charge in [-0.2, -0.15) is 17.6 Å². The van der Waals surface area contributed by atoms with E-state index in [1.165, 1.54) is 20.1 Å². The van der Waals surface area contributed by atoms with Crippen LogP contribution in [0.1, 0.15) is 30.5 Å². The third-order valence-corrected chi connectivity index (χ3v) is 6.92. The number of carbonyl (C=O) groups is 1. The van der Waals surface area contributed by atoms with Gasteiger partial charge in [-0.3, -0.25) is 4.99 Å². The van der Waals surface area contributed by atoms with Gasteiger partial charge in [-0.1, -0.05) is 34.7 Å². The summed E-state index contributed by atoms with van der Waals surface area (Å²) in [5.41, 5.74) is -2.51. The Morgan fingerprint density at radius 1 is 1.04 bits per heavy atom. The zero-order chi connectivity index (χ0) is 33.8. The van der Waals surface area contributed by atoms with Gasteiger partial charge in [0.05, 0.1) is 54.2 Å². The Kier molecular flexibility index (Phi) is 10.8. The number of hydrogen-bond donors (Lipinski definition) is 0. The molecular weight excluding hydrogens is 642 g/mol.